The van der Waals surface area contributed by atoms with Gasteiger partial charge in [0.1, 0.15) is 5.76 Å². The Labute approximate surface area is 126 Å². The van der Waals surface area contributed by atoms with Gasteiger partial charge in [0.15, 0.2) is 0 Å². The smallest absolute Gasteiger partial charge is 0.251 e. The Kier molecular flexibility index (Phi) is 3.66. The standard InChI is InChI=1S/C16H16BrNO2/c1-2-14-12(6-8-20-14)15(17)11-4-3-10-5-7-18-16(19)13(10)9-11/h3-4,6,8-9,15H,2,5,7H2,1H3,(H,18,19). The lowest BCUT2D eigenvalue weighted by molar-refractivity contribution is 0.0946. The first-order valence-corrected chi connectivity index (χ1v) is 7.73. The molecule has 0 bridgehead atoms. The summed E-state index contributed by atoms with van der Waals surface area (Å²) >= 11 is 3.72. The van der Waals surface area contributed by atoms with Crippen LogP contribution in [0.5, 0.6) is 0 Å². The number of rotatable bonds is 3. The second kappa shape index (κ2) is 5.44. The molecule has 1 aliphatic rings. The highest BCUT2D eigenvalue weighted by atomic mass is 79.9. The van der Waals surface area contributed by atoms with Crippen LogP contribution in [0.2, 0.25) is 0 Å². The predicted octanol–water partition coefficient (Wildman–Crippen LogP) is 3.61. The van der Waals surface area contributed by atoms with Crippen molar-refractivity contribution in [3.8, 4) is 0 Å². The van der Waals surface area contributed by atoms with Crippen LogP contribution < -0.4 is 5.32 Å². The Balaban J connectivity index is 1.98. The molecule has 4 heteroatoms. The van der Waals surface area contributed by atoms with E-state index in [1.165, 1.54) is 0 Å². The molecule has 3 nitrogen and oxygen atoms in total. The summed E-state index contributed by atoms with van der Waals surface area (Å²) in [6, 6.07) is 8.11. The zero-order valence-corrected chi connectivity index (χ0v) is 12.9. The van der Waals surface area contributed by atoms with E-state index in [9.17, 15) is 4.79 Å². The van der Waals surface area contributed by atoms with Gasteiger partial charge in [0, 0.05) is 24.1 Å². The monoisotopic (exact) mass is 333 g/mol. The molecule has 1 aromatic heterocycles. The van der Waals surface area contributed by atoms with Crippen LogP contribution >= 0.6 is 15.9 Å². The van der Waals surface area contributed by atoms with Gasteiger partial charge >= 0.3 is 0 Å². The number of hydrogen-bond donors (Lipinski definition) is 1. The van der Waals surface area contributed by atoms with E-state index in [1.807, 2.05) is 12.1 Å². The second-order valence-electron chi connectivity index (χ2n) is 4.94. The quantitative estimate of drug-likeness (QED) is 0.872. The molecule has 1 atom stereocenters. The predicted molar refractivity (Wildman–Crippen MR) is 81.3 cm³/mol. The number of amides is 1. The van der Waals surface area contributed by atoms with Crippen molar-refractivity contribution in [3.63, 3.8) is 0 Å². The van der Waals surface area contributed by atoms with Gasteiger partial charge in [0.2, 0.25) is 0 Å². The SMILES string of the molecule is CCc1occc1C(Br)c1ccc2c(c1)C(=O)NCC2. The fourth-order valence-electron chi connectivity index (χ4n) is 2.63. The Bertz CT molecular complexity index is 648. The van der Waals surface area contributed by atoms with E-state index in [2.05, 4.69) is 40.3 Å². The molecule has 0 fully saturated rings. The van der Waals surface area contributed by atoms with E-state index in [-0.39, 0.29) is 10.7 Å². The maximum Gasteiger partial charge on any atom is 0.251 e. The lowest BCUT2D eigenvalue weighted by Crippen LogP contribution is -2.31. The molecular weight excluding hydrogens is 318 g/mol. The topological polar surface area (TPSA) is 42.2 Å². The Morgan fingerprint density at radius 3 is 3.05 bits per heavy atom. The molecule has 0 saturated carbocycles. The maximum absolute atomic E-state index is 11.9. The van der Waals surface area contributed by atoms with Gasteiger partial charge in [-0.3, -0.25) is 4.79 Å². The molecule has 104 valence electrons. The van der Waals surface area contributed by atoms with Crippen molar-refractivity contribution in [1.82, 2.24) is 5.32 Å². The van der Waals surface area contributed by atoms with Crippen LogP contribution in [0.15, 0.2) is 34.9 Å². The van der Waals surface area contributed by atoms with E-state index in [0.29, 0.717) is 0 Å². The van der Waals surface area contributed by atoms with Gasteiger partial charge in [-0.05, 0) is 29.7 Å². The van der Waals surface area contributed by atoms with Crippen LogP contribution in [-0.4, -0.2) is 12.5 Å². The van der Waals surface area contributed by atoms with Crippen molar-refractivity contribution < 1.29 is 9.21 Å². The number of halogens is 1. The number of alkyl halides is 1. The van der Waals surface area contributed by atoms with Gasteiger partial charge in [0.05, 0.1) is 11.1 Å². The third kappa shape index (κ3) is 2.29. The lowest BCUT2D eigenvalue weighted by atomic mass is 9.95. The van der Waals surface area contributed by atoms with Crippen LogP contribution in [-0.2, 0) is 12.8 Å². The molecule has 1 aliphatic heterocycles. The van der Waals surface area contributed by atoms with E-state index in [4.69, 9.17) is 4.42 Å². The van der Waals surface area contributed by atoms with E-state index < -0.39 is 0 Å². The highest BCUT2D eigenvalue weighted by Gasteiger charge is 2.21. The summed E-state index contributed by atoms with van der Waals surface area (Å²) in [6.45, 7) is 2.80. The normalized spacial score (nSPS) is 15.6. The molecule has 20 heavy (non-hydrogen) atoms. The summed E-state index contributed by atoms with van der Waals surface area (Å²) in [5, 5.41) is 2.89. The Morgan fingerprint density at radius 2 is 2.25 bits per heavy atom. The Hall–Kier alpha value is -1.55. The molecule has 3 rings (SSSR count). The molecule has 0 saturated heterocycles. The van der Waals surface area contributed by atoms with Crippen molar-refractivity contribution >= 4 is 21.8 Å². The van der Waals surface area contributed by atoms with Crippen molar-refractivity contribution in [1.29, 1.82) is 0 Å². The van der Waals surface area contributed by atoms with Crippen LogP contribution in [0.25, 0.3) is 0 Å². The molecule has 2 aromatic rings. The second-order valence-corrected chi connectivity index (χ2v) is 5.85. The lowest BCUT2D eigenvalue weighted by Gasteiger charge is -2.19. The third-order valence-electron chi connectivity index (χ3n) is 3.73. The molecule has 1 N–H and O–H groups in total. The minimum atomic E-state index is 0.0238. The molecule has 1 aromatic carbocycles. The highest BCUT2D eigenvalue weighted by molar-refractivity contribution is 9.09. The van der Waals surface area contributed by atoms with E-state index >= 15 is 0 Å². The third-order valence-corrected chi connectivity index (χ3v) is 4.75. The number of benzene rings is 1. The zero-order valence-electron chi connectivity index (χ0n) is 11.3. The fraction of sp³-hybridized carbons (Fsp3) is 0.312. The largest absolute Gasteiger partial charge is 0.469 e. The first-order chi connectivity index (χ1) is 9.70. The van der Waals surface area contributed by atoms with Crippen molar-refractivity contribution in [2.75, 3.05) is 6.54 Å². The number of carbonyl (C=O) groups excluding carboxylic acids is 1. The molecule has 0 radical (unpaired) electrons. The molecule has 2 heterocycles. The van der Waals surface area contributed by atoms with Crippen LogP contribution in [0.4, 0.5) is 0 Å². The summed E-state index contributed by atoms with van der Waals surface area (Å²) in [4.78, 5) is 12.0. The van der Waals surface area contributed by atoms with Gasteiger partial charge < -0.3 is 9.73 Å². The molecule has 0 spiro atoms. The first kappa shape index (κ1) is 13.4. The van der Waals surface area contributed by atoms with Gasteiger partial charge in [-0.15, -0.1) is 0 Å². The molecule has 1 unspecified atom stereocenters. The number of furan rings is 1. The van der Waals surface area contributed by atoms with Gasteiger partial charge in [-0.1, -0.05) is 35.0 Å². The van der Waals surface area contributed by atoms with E-state index in [0.717, 1.165) is 47.4 Å². The minimum absolute atomic E-state index is 0.0238. The molecular formula is C16H16BrNO2. The van der Waals surface area contributed by atoms with Gasteiger partial charge in [0.25, 0.3) is 5.91 Å². The minimum Gasteiger partial charge on any atom is -0.469 e. The first-order valence-electron chi connectivity index (χ1n) is 6.82. The van der Waals surface area contributed by atoms with Crippen LogP contribution in [0, 0.1) is 0 Å². The van der Waals surface area contributed by atoms with Gasteiger partial charge in [-0.2, -0.15) is 0 Å². The molecule has 0 aliphatic carbocycles. The highest BCUT2D eigenvalue weighted by Crippen LogP contribution is 2.35. The summed E-state index contributed by atoms with van der Waals surface area (Å²) < 4.78 is 5.48. The Morgan fingerprint density at radius 1 is 1.40 bits per heavy atom. The summed E-state index contributed by atoms with van der Waals surface area (Å²) in [5.41, 5.74) is 4.13. The zero-order chi connectivity index (χ0) is 14.1. The summed E-state index contributed by atoms with van der Waals surface area (Å²) in [7, 11) is 0. The number of nitrogens with one attached hydrogen (secondary N) is 1. The van der Waals surface area contributed by atoms with Crippen LogP contribution in [0.3, 0.4) is 0 Å². The van der Waals surface area contributed by atoms with E-state index in [1.54, 1.807) is 6.26 Å². The summed E-state index contributed by atoms with van der Waals surface area (Å²) in [6.07, 6.45) is 3.48. The van der Waals surface area contributed by atoms with Gasteiger partial charge in [-0.25, -0.2) is 0 Å². The number of aryl methyl sites for hydroxylation is 1. The number of fused-ring (bicyclic) bond motifs is 1. The van der Waals surface area contributed by atoms with Crippen LogP contribution in [0.1, 0.15) is 44.6 Å². The fourth-order valence-corrected chi connectivity index (χ4v) is 3.32. The average molecular weight is 334 g/mol. The van der Waals surface area contributed by atoms with Crippen molar-refractivity contribution in [3.05, 3.63) is 58.5 Å². The van der Waals surface area contributed by atoms with Crippen molar-refractivity contribution in [2.45, 2.75) is 24.6 Å². The number of hydrogen-bond acceptors (Lipinski definition) is 2. The maximum atomic E-state index is 11.9. The summed E-state index contributed by atoms with van der Waals surface area (Å²) in [5.74, 6) is 1.00. The van der Waals surface area contributed by atoms with Crippen molar-refractivity contribution in [2.24, 2.45) is 0 Å². The number of carbonyl (C=O) groups is 1. The average Bonchev–Trinajstić information content (AvgIpc) is 2.95. The molecule has 1 amide bonds.